The number of benzene rings is 1. The lowest BCUT2D eigenvalue weighted by Crippen LogP contribution is -2.12. The van der Waals surface area contributed by atoms with E-state index in [0.29, 0.717) is 10.9 Å². The Morgan fingerprint density at radius 2 is 2.19 bits per heavy atom. The summed E-state index contributed by atoms with van der Waals surface area (Å²) in [5.41, 5.74) is 6.04. The summed E-state index contributed by atoms with van der Waals surface area (Å²) in [6, 6.07) is 8.30. The number of nitrogens with zero attached hydrogens (tertiary/aromatic N) is 1. The molecule has 0 saturated heterocycles. The van der Waals surface area contributed by atoms with Crippen LogP contribution in [0.4, 0.5) is 4.39 Å². The normalized spacial score (nSPS) is 10.3. The van der Waals surface area contributed by atoms with Crippen LogP contribution in [0, 0.1) is 0 Å². The van der Waals surface area contributed by atoms with Crippen LogP contribution in [0.25, 0.3) is 10.9 Å². The van der Waals surface area contributed by atoms with Gasteiger partial charge in [0.1, 0.15) is 0 Å². The number of rotatable bonds is 3. The average molecular weight is 220 g/mol. The van der Waals surface area contributed by atoms with Crippen LogP contribution in [0.15, 0.2) is 30.3 Å². The van der Waals surface area contributed by atoms with E-state index >= 15 is 0 Å². The molecule has 1 heterocycles. The van der Waals surface area contributed by atoms with Crippen molar-refractivity contribution in [3.8, 4) is 5.88 Å². The Morgan fingerprint density at radius 3 is 2.88 bits per heavy atom. The Hall–Kier alpha value is -2.17. The van der Waals surface area contributed by atoms with Gasteiger partial charge in [-0.3, -0.25) is 4.79 Å². The van der Waals surface area contributed by atoms with Crippen molar-refractivity contribution in [2.24, 2.45) is 5.73 Å². The molecule has 0 aliphatic heterocycles. The number of pyridine rings is 1. The molecule has 0 unspecified atom stereocenters. The monoisotopic (exact) mass is 220 g/mol. The molecular weight excluding hydrogens is 211 g/mol. The summed E-state index contributed by atoms with van der Waals surface area (Å²) in [6.07, 6.45) is 0. The smallest absolute Gasteiger partial charge is 0.249 e. The van der Waals surface area contributed by atoms with Gasteiger partial charge in [-0.25, -0.2) is 9.37 Å². The van der Waals surface area contributed by atoms with Crippen molar-refractivity contribution in [2.45, 2.75) is 0 Å². The topological polar surface area (TPSA) is 65.2 Å². The number of hydrogen-bond donors (Lipinski definition) is 1. The predicted octanol–water partition coefficient (Wildman–Crippen LogP) is 1.64. The quantitative estimate of drug-likeness (QED) is 0.855. The Kier molecular flexibility index (Phi) is 2.68. The lowest BCUT2D eigenvalue weighted by molar-refractivity contribution is 0.100. The molecule has 2 N–H and O–H groups in total. The van der Waals surface area contributed by atoms with Crippen molar-refractivity contribution >= 4 is 16.8 Å². The van der Waals surface area contributed by atoms with E-state index in [2.05, 4.69) is 9.72 Å². The zero-order valence-electron chi connectivity index (χ0n) is 8.31. The highest BCUT2D eigenvalue weighted by atomic mass is 19.1. The molecule has 5 heteroatoms. The third-order valence-corrected chi connectivity index (χ3v) is 2.16. The number of alkyl halides is 1. The number of carbonyl (C=O) groups is 1. The fourth-order valence-electron chi connectivity index (χ4n) is 1.48. The first kappa shape index (κ1) is 10.4. The second kappa shape index (κ2) is 4.14. The van der Waals surface area contributed by atoms with Gasteiger partial charge in [0.2, 0.25) is 18.6 Å². The van der Waals surface area contributed by atoms with Gasteiger partial charge in [-0.15, -0.1) is 0 Å². The third kappa shape index (κ3) is 1.79. The van der Waals surface area contributed by atoms with E-state index in [1.807, 2.05) is 0 Å². The molecule has 0 atom stereocenters. The lowest BCUT2D eigenvalue weighted by atomic mass is 10.1. The van der Waals surface area contributed by atoms with Crippen LogP contribution in [-0.2, 0) is 0 Å². The number of amides is 1. The van der Waals surface area contributed by atoms with Gasteiger partial charge in [-0.2, -0.15) is 0 Å². The highest BCUT2D eigenvalue weighted by Gasteiger charge is 2.10. The molecule has 0 spiro atoms. The molecule has 1 amide bonds. The molecular formula is C11H9FN2O2. The summed E-state index contributed by atoms with van der Waals surface area (Å²) in [5.74, 6) is -0.544. The minimum absolute atomic E-state index is 0.0509. The molecule has 2 aromatic rings. The van der Waals surface area contributed by atoms with E-state index in [0.717, 1.165) is 0 Å². The molecule has 0 saturated carbocycles. The summed E-state index contributed by atoms with van der Waals surface area (Å²) in [6.45, 7) is -0.996. The fourth-order valence-corrected chi connectivity index (χ4v) is 1.48. The standard InChI is InChI=1S/C11H9FN2O2/c12-6-16-10-5-8(11(13)15)7-3-1-2-4-9(7)14-10/h1-5H,6H2,(H2,13,15). The summed E-state index contributed by atoms with van der Waals surface area (Å²) < 4.78 is 16.7. The maximum absolute atomic E-state index is 12.0. The maximum Gasteiger partial charge on any atom is 0.249 e. The molecule has 0 radical (unpaired) electrons. The predicted molar refractivity (Wildman–Crippen MR) is 56.9 cm³/mol. The van der Waals surface area contributed by atoms with E-state index in [4.69, 9.17) is 5.73 Å². The van der Waals surface area contributed by atoms with Gasteiger partial charge in [-0.1, -0.05) is 18.2 Å². The van der Waals surface area contributed by atoms with Gasteiger partial charge >= 0.3 is 0 Å². The van der Waals surface area contributed by atoms with Gasteiger partial charge in [0.25, 0.3) is 0 Å². The Balaban J connectivity index is 2.68. The number of halogens is 1. The number of para-hydroxylation sites is 1. The van der Waals surface area contributed by atoms with Crippen molar-refractivity contribution in [2.75, 3.05) is 6.86 Å². The molecule has 0 bridgehead atoms. The van der Waals surface area contributed by atoms with Crippen LogP contribution < -0.4 is 10.5 Å². The number of ether oxygens (including phenoxy) is 1. The van der Waals surface area contributed by atoms with Crippen LogP contribution >= 0.6 is 0 Å². The molecule has 82 valence electrons. The van der Waals surface area contributed by atoms with E-state index in [1.165, 1.54) is 6.07 Å². The molecule has 1 aromatic heterocycles. The zero-order valence-corrected chi connectivity index (χ0v) is 8.31. The number of nitrogens with two attached hydrogens (primary N) is 1. The first-order chi connectivity index (χ1) is 7.72. The summed E-state index contributed by atoms with van der Waals surface area (Å²) >= 11 is 0. The zero-order chi connectivity index (χ0) is 11.5. The lowest BCUT2D eigenvalue weighted by Gasteiger charge is -2.06. The van der Waals surface area contributed by atoms with Gasteiger partial charge < -0.3 is 10.5 Å². The summed E-state index contributed by atoms with van der Waals surface area (Å²) in [4.78, 5) is 15.3. The molecule has 16 heavy (non-hydrogen) atoms. The van der Waals surface area contributed by atoms with Crippen molar-refractivity contribution in [3.05, 3.63) is 35.9 Å². The van der Waals surface area contributed by atoms with Crippen molar-refractivity contribution in [1.29, 1.82) is 0 Å². The Bertz CT molecular complexity index is 542. The number of fused-ring (bicyclic) bond motifs is 1. The Morgan fingerprint density at radius 1 is 1.44 bits per heavy atom. The second-order valence-electron chi connectivity index (χ2n) is 3.14. The van der Waals surface area contributed by atoms with Crippen LogP contribution in [0.2, 0.25) is 0 Å². The molecule has 0 aliphatic rings. The van der Waals surface area contributed by atoms with Crippen molar-refractivity contribution in [1.82, 2.24) is 4.98 Å². The van der Waals surface area contributed by atoms with Gasteiger partial charge in [0, 0.05) is 11.5 Å². The van der Waals surface area contributed by atoms with E-state index < -0.39 is 12.8 Å². The van der Waals surface area contributed by atoms with Crippen LogP contribution in [-0.4, -0.2) is 17.8 Å². The first-order valence-corrected chi connectivity index (χ1v) is 4.60. The molecule has 4 nitrogen and oxygen atoms in total. The maximum atomic E-state index is 12.0. The average Bonchev–Trinajstić information content (AvgIpc) is 2.28. The number of primary amides is 1. The van der Waals surface area contributed by atoms with Gasteiger partial charge in [-0.05, 0) is 6.07 Å². The highest BCUT2D eigenvalue weighted by molar-refractivity contribution is 6.05. The molecule has 1 aromatic carbocycles. The molecule has 2 rings (SSSR count). The van der Waals surface area contributed by atoms with Gasteiger partial charge in [0.15, 0.2) is 0 Å². The highest BCUT2D eigenvalue weighted by Crippen LogP contribution is 2.21. The number of aromatic nitrogens is 1. The van der Waals surface area contributed by atoms with E-state index in [-0.39, 0.29) is 11.4 Å². The summed E-state index contributed by atoms with van der Waals surface area (Å²) in [5, 5.41) is 0.626. The number of carbonyl (C=O) groups excluding carboxylic acids is 1. The van der Waals surface area contributed by atoms with Crippen molar-refractivity contribution < 1.29 is 13.9 Å². The van der Waals surface area contributed by atoms with Gasteiger partial charge in [0.05, 0.1) is 11.1 Å². The number of hydrogen-bond acceptors (Lipinski definition) is 3. The van der Waals surface area contributed by atoms with Crippen LogP contribution in [0.3, 0.4) is 0 Å². The van der Waals surface area contributed by atoms with Crippen LogP contribution in [0.1, 0.15) is 10.4 Å². The largest absolute Gasteiger partial charge is 0.446 e. The summed E-state index contributed by atoms with van der Waals surface area (Å²) in [7, 11) is 0. The minimum atomic E-state index is -0.996. The molecule has 0 fully saturated rings. The van der Waals surface area contributed by atoms with E-state index in [1.54, 1.807) is 24.3 Å². The van der Waals surface area contributed by atoms with Crippen molar-refractivity contribution in [3.63, 3.8) is 0 Å². The Labute approximate surface area is 90.8 Å². The third-order valence-electron chi connectivity index (χ3n) is 2.16. The van der Waals surface area contributed by atoms with E-state index in [9.17, 15) is 9.18 Å². The minimum Gasteiger partial charge on any atom is -0.446 e. The molecule has 0 aliphatic carbocycles. The first-order valence-electron chi connectivity index (χ1n) is 4.60. The van der Waals surface area contributed by atoms with Crippen LogP contribution in [0.5, 0.6) is 5.88 Å². The second-order valence-corrected chi connectivity index (χ2v) is 3.14. The SMILES string of the molecule is NC(=O)c1cc(OCF)nc2ccccc12. The fraction of sp³-hybridized carbons (Fsp3) is 0.0909.